The van der Waals surface area contributed by atoms with Crippen LogP contribution in [0.3, 0.4) is 0 Å². The summed E-state index contributed by atoms with van der Waals surface area (Å²) in [7, 11) is 1.54. The van der Waals surface area contributed by atoms with Gasteiger partial charge in [0.25, 0.3) is 5.91 Å². The van der Waals surface area contributed by atoms with E-state index in [1.54, 1.807) is 31.4 Å². The number of carbonyl (C=O) groups excluding carboxylic acids is 1. The van der Waals surface area contributed by atoms with Crippen LogP contribution >= 0.6 is 11.6 Å². The van der Waals surface area contributed by atoms with E-state index in [0.29, 0.717) is 22.2 Å². The number of piperidine rings is 1. The molecular formula is C18H21ClN4O2. The lowest BCUT2D eigenvalue weighted by Gasteiger charge is -2.31. The number of nitrogens with one attached hydrogen (secondary N) is 1. The van der Waals surface area contributed by atoms with Crippen molar-refractivity contribution in [2.75, 3.05) is 30.4 Å². The molecule has 1 aliphatic heterocycles. The summed E-state index contributed by atoms with van der Waals surface area (Å²) in [5, 5.41) is 3.31. The Balaban J connectivity index is 1.77. The van der Waals surface area contributed by atoms with E-state index in [1.165, 1.54) is 6.33 Å². The summed E-state index contributed by atoms with van der Waals surface area (Å²) in [6.07, 6.45) is 3.69. The summed E-state index contributed by atoms with van der Waals surface area (Å²) in [5.41, 5.74) is 0.817. The van der Waals surface area contributed by atoms with Crippen molar-refractivity contribution in [1.82, 2.24) is 9.97 Å². The van der Waals surface area contributed by atoms with Crippen LogP contribution in [0.4, 0.5) is 11.5 Å². The Labute approximate surface area is 152 Å². The predicted octanol–water partition coefficient (Wildman–Crippen LogP) is 3.63. The van der Waals surface area contributed by atoms with Crippen molar-refractivity contribution in [3.05, 3.63) is 41.3 Å². The lowest BCUT2D eigenvalue weighted by atomic mass is 9.99. The molecule has 25 heavy (non-hydrogen) atoms. The van der Waals surface area contributed by atoms with Gasteiger partial charge in [0.2, 0.25) is 0 Å². The van der Waals surface area contributed by atoms with Crippen molar-refractivity contribution >= 4 is 29.0 Å². The maximum atomic E-state index is 12.6. The number of hydrogen-bond donors (Lipinski definition) is 1. The van der Waals surface area contributed by atoms with Crippen LogP contribution in [0.15, 0.2) is 30.6 Å². The van der Waals surface area contributed by atoms with Crippen LogP contribution in [-0.2, 0) is 0 Å². The molecular weight excluding hydrogens is 340 g/mol. The van der Waals surface area contributed by atoms with Gasteiger partial charge in [0.1, 0.15) is 23.6 Å². The number of methoxy groups -OCH3 is 1. The van der Waals surface area contributed by atoms with Crippen molar-refractivity contribution in [1.29, 1.82) is 0 Å². The number of aromatic nitrogens is 2. The van der Waals surface area contributed by atoms with Gasteiger partial charge in [-0.05, 0) is 37.0 Å². The van der Waals surface area contributed by atoms with Gasteiger partial charge in [-0.2, -0.15) is 0 Å². The number of benzene rings is 1. The average Bonchev–Trinajstić information content (AvgIpc) is 2.62. The van der Waals surface area contributed by atoms with Gasteiger partial charge in [0.05, 0.1) is 12.8 Å². The summed E-state index contributed by atoms with van der Waals surface area (Å²) in [4.78, 5) is 23.2. The average molecular weight is 361 g/mol. The highest BCUT2D eigenvalue weighted by atomic mass is 35.5. The minimum Gasteiger partial charge on any atom is -0.495 e. The van der Waals surface area contributed by atoms with Crippen LogP contribution in [-0.4, -0.2) is 36.1 Å². The van der Waals surface area contributed by atoms with Gasteiger partial charge in [-0.25, -0.2) is 9.97 Å². The number of hydrogen-bond acceptors (Lipinski definition) is 5. The summed E-state index contributed by atoms with van der Waals surface area (Å²) < 4.78 is 5.25. The van der Waals surface area contributed by atoms with Crippen LogP contribution in [0.5, 0.6) is 5.75 Å². The van der Waals surface area contributed by atoms with E-state index in [1.807, 2.05) is 0 Å². The molecule has 2 aromatic rings. The van der Waals surface area contributed by atoms with E-state index in [9.17, 15) is 4.79 Å². The molecule has 0 unspecified atom stereocenters. The van der Waals surface area contributed by atoms with Crippen molar-refractivity contribution in [2.45, 2.75) is 19.8 Å². The second kappa shape index (κ2) is 7.70. The fourth-order valence-corrected chi connectivity index (χ4v) is 3.02. The Kier molecular flexibility index (Phi) is 5.38. The highest BCUT2D eigenvalue weighted by molar-refractivity contribution is 6.31. The number of amides is 1. The number of rotatable bonds is 4. The zero-order chi connectivity index (χ0) is 17.8. The molecule has 1 saturated heterocycles. The number of ether oxygens (including phenoxy) is 1. The quantitative estimate of drug-likeness (QED) is 0.901. The van der Waals surface area contributed by atoms with Gasteiger partial charge < -0.3 is 15.0 Å². The molecule has 3 rings (SSSR count). The summed E-state index contributed by atoms with van der Waals surface area (Å²) in [6, 6.07) is 6.78. The van der Waals surface area contributed by atoms with E-state index in [2.05, 4.69) is 27.1 Å². The lowest BCUT2D eigenvalue weighted by Crippen LogP contribution is -2.33. The Morgan fingerprint density at radius 1 is 1.28 bits per heavy atom. The van der Waals surface area contributed by atoms with Gasteiger partial charge in [0.15, 0.2) is 0 Å². The zero-order valence-corrected chi connectivity index (χ0v) is 15.1. The molecule has 1 aliphatic rings. The van der Waals surface area contributed by atoms with Gasteiger partial charge in [-0.3, -0.25) is 4.79 Å². The number of nitrogens with zero attached hydrogens (tertiary/aromatic N) is 3. The molecule has 1 aromatic heterocycles. The molecule has 1 amide bonds. The van der Waals surface area contributed by atoms with E-state index in [4.69, 9.17) is 16.3 Å². The Bertz CT molecular complexity index is 760. The Hall–Kier alpha value is -2.34. The van der Waals surface area contributed by atoms with E-state index < -0.39 is 0 Å². The first-order valence-corrected chi connectivity index (χ1v) is 8.66. The molecule has 1 fully saturated rings. The minimum atomic E-state index is -0.324. The smallest absolute Gasteiger partial charge is 0.274 e. The fraction of sp³-hybridized carbons (Fsp3) is 0.389. The van der Waals surface area contributed by atoms with Crippen molar-refractivity contribution in [3.8, 4) is 5.75 Å². The molecule has 0 saturated carbocycles. The fourth-order valence-electron chi connectivity index (χ4n) is 2.85. The lowest BCUT2D eigenvalue weighted by molar-refractivity contribution is 0.102. The molecule has 0 spiro atoms. The molecule has 0 aliphatic carbocycles. The first-order valence-electron chi connectivity index (χ1n) is 8.28. The Morgan fingerprint density at radius 2 is 2.04 bits per heavy atom. The molecule has 2 heterocycles. The third-order valence-electron chi connectivity index (χ3n) is 4.40. The number of carbonyl (C=O) groups is 1. The maximum absolute atomic E-state index is 12.6. The van der Waals surface area contributed by atoms with Crippen molar-refractivity contribution in [3.63, 3.8) is 0 Å². The van der Waals surface area contributed by atoms with Gasteiger partial charge in [-0.1, -0.05) is 18.5 Å². The third kappa shape index (κ3) is 4.20. The third-order valence-corrected chi connectivity index (χ3v) is 4.64. The number of halogens is 1. The predicted molar refractivity (Wildman–Crippen MR) is 98.6 cm³/mol. The number of anilines is 2. The van der Waals surface area contributed by atoms with Gasteiger partial charge in [0, 0.05) is 24.2 Å². The van der Waals surface area contributed by atoms with E-state index >= 15 is 0 Å². The highest BCUT2D eigenvalue weighted by Crippen LogP contribution is 2.28. The second-order valence-electron chi connectivity index (χ2n) is 6.23. The first-order chi connectivity index (χ1) is 12.1. The van der Waals surface area contributed by atoms with Crippen LogP contribution in [0.25, 0.3) is 0 Å². The molecule has 0 radical (unpaired) electrons. The highest BCUT2D eigenvalue weighted by Gasteiger charge is 2.19. The van der Waals surface area contributed by atoms with Gasteiger partial charge >= 0.3 is 0 Å². The first kappa shape index (κ1) is 17.5. The maximum Gasteiger partial charge on any atom is 0.274 e. The van der Waals surface area contributed by atoms with Crippen molar-refractivity contribution < 1.29 is 9.53 Å². The minimum absolute atomic E-state index is 0.311. The monoisotopic (exact) mass is 360 g/mol. The molecule has 132 valence electrons. The summed E-state index contributed by atoms with van der Waals surface area (Å²) in [6.45, 7) is 4.15. The van der Waals surface area contributed by atoms with Crippen LogP contribution in [0.2, 0.25) is 5.02 Å². The van der Waals surface area contributed by atoms with E-state index in [0.717, 1.165) is 37.7 Å². The Morgan fingerprint density at radius 3 is 2.76 bits per heavy atom. The largest absolute Gasteiger partial charge is 0.495 e. The second-order valence-corrected chi connectivity index (χ2v) is 6.67. The summed E-state index contributed by atoms with van der Waals surface area (Å²) in [5.74, 6) is 1.73. The molecule has 0 bridgehead atoms. The van der Waals surface area contributed by atoms with Crippen LogP contribution < -0.4 is 15.0 Å². The van der Waals surface area contributed by atoms with Crippen LogP contribution in [0.1, 0.15) is 30.3 Å². The van der Waals surface area contributed by atoms with Crippen molar-refractivity contribution in [2.24, 2.45) is 5.92 Å². The van der Waals surface area contributed by atoms with E-state index in [-0.39, 0.29) is 5.91 Å². The molecule has 1 aromatic carbocycles. The SMILES string of the molecule is COc1ccc(Cl)cc1NC(=O)c1cc(N2CCC(C)CC2)ncn1. The topological polar surface area (TPSA) is 67.3 Å². The molecule has 6 nitrogen and oxygen atoms in total. The zero-order valence-electron chi connectivity index (χ0n) is 14.3. The van der Waals surface area contributed by atoms with Gasteiger partial charge in [-0.15, -0.1) is 0 Å². The molecule has 0 atom stereocenters. The summed E-state index contributed by atoms with van der Waals surface area (Å²) >= 11 is 6.00. The van der Waals surface area contributed by atoms with Crippen LogP contribution in [0, 0.1) is 5.92 Å². The molecule has 1 N–H and O–H groups in total. The standard InChI is InChI=1S/C18H21ClN4O2/c1-12-5-7-23(8-6-12)17-10-15(20-11-21-17)18(24)22-14-9-13(19)3-4-16(14)25-2/h3-4,9-12H,5-8H2,1-2H3,(H,22,24). The molecule has 7 heteroatoms. The normalized spacial score (nSPS) is 15.1.